The molecule has 2 aromatic heterocycles. The Hall–Kier alpha value is -3.23. The number of piperidine rings is 1. The van der Waals surface area contributed by atoms with E-state index in [2.05, 4.69) is 19.9 Å². The fourth-order valence-electron chi connectivity index (χ4n) is 5.71. The topological polar surface area (TPSA) is 94.0 Å². The Balaban J connectivity index is 1.23. The summed E-state index contributed by atoms with van der Waals surface area (Å²) in [6.07, 6.45) is 4.52. The second-order valence-corrected chi connectivity index (χ2v) is 10.0. The van der Waals surface area contributed by atoms with E-state index < -0.39 is 0 Å². The highest BCUT2D eigenvalue weighted by Gasteiger charge is 2.66. The molecule has 4 N–H and O–H groups in total. The number of hydrogen-bond donors (Lipinski definition) is 2. The molecule has 1 aliphatic carbocycles. The predicted molar refractivity (Wildman–Crippen MR) is 133 cm³/mol. The van der Waals surface area contributed by atoms with Crippen molar-refractivity contribution in [1.29, 1.82) is 0 Å². The fourth-order valence-corrected chi connectivity index (χ4v) is 6.59. The normalized spacial score (nSPS) is 23.6. The van der Waals surface area contributed by atoms with E-state index in [1.54, 1.807) is 18.5 Å². The average Bonchev–Trinajstić information content (AvgIpc) is 3.53. The number of hydrogen-bond acceptors (Lipinski definition) is 7. The lowest BCUT2D eigenvalue weighted by Gasteiger charge is -2.27. The highest BCUT2D eigenvalue weighted by atomic mass is 32.2. The van der Waals surface area contributed by atoms with Crippen LogP contribution >= 0.6 is 11.8 Å². The van der Waals surface area contributed by atoms with E-state index in [1.807, 2.05) is 42.5 Å². The molecule has 3 atom stereocenters. The molecule has 2 aliphatic rings. The van der Waals surface area contributed by atoms with Crippen molar-refractivity contribution < 1.29 is 4.39 Å². The third kappa shape index (κ3) is 3.32. The number of halogens is 1. The summed E-state index contributed by atoms with van der Waals surface area (Å²) in [4.78, 5) is 17.0. The number of aromatic nitrogens is 3. The molecule has 6 rings (SSSR count). The van der Waals surface area contributed by atoms with E-state index >= 15 is 0 Å². The Morgan fingerprint density at radius 3 is 2.71 bits per heavy atom. The molecular formula is C26H25FN6S. The van der Waals surface area contributed by atoms with Crippen molar-refractivity contribution in [2.45, 2.75) is 21.8 Å². The van der Waals surface area contributed by atoms with Crippen molar-refractivity contribution in [2.75, 3.05) is 30.3 Å². The minimum absolute atomic E-state index is 0.164. The maximum absolute atomic E-state index is 14.6. The van der Waals surface area contributed by atoms with Gasteiger partial charge in [0.2, 0.25) is 0 Å². The van der Waals surface area contributed by atoms with Gasteiger partial charge in [-0.15, -0.1) is 0 Å². The summed E-state index contributed by atoms with van der Waals surface area (Å²) in [5.74, 6) is 1.68. The number of para-hydroxylation sites is 1. The van der Waals surface area contributed by atoms with Gasteiger partial charge < -0.3 is 16.4 Å². The fraction of sp³-hybridized carbons (Fsp3) is 0.269. The lowest BCUT2D eigenvalue weighted by molar-refractivity contribution is 0.533. The van der Waals surface area contributed by atoms with Crippen molar-refractivity contribution in [1.82, 2.24) is 15.0 Å². The predicted octanol–water partition coefficient (Wildman–Crippen LogP) is 4.25. The average molecular weight is 473 g/mol. The summed E-state index contributed by atoms with van der Waals surface area (Å²) in [5.41, 5.74) is 14.0. The smallest absolute Gasteiger partial charge is 0.158 e. The Morgan fingerprint density at radius 1 is 1.06 bits per heavy atom. The maximum Gasteiger partial charge on any atom is 0.158 e. The zero-order valence-electron chi connectivity index (χ0n) is 18.6. The Kier molecular flexibility index (Phi) is 5.15. The number of rotatable bonds is 5. The first-order chi connectivity index (χ1) is 16.6. The van der Waals surface area contributed by atoms with Gasteiger partial charge in [-0.3, -0.25) is 4.98 Å². The van der Waals surface area contributed by atoms with Crippen LogP contribution in [0.5, 0.6) is 0 Å². The molecule has 172 valence electrons. The molecule has 3 heterocycles. The molecular weight excluding hydrogens is 447 g/mol. The number of fused-ring (bicyclic) bond motifs is 2. The molecule has 2 aromatic carbocycles. The first-order valence-electron chi connectivity index (χ1n) is 11.5. The molecule has 1 saturated carbocycles. The zero-order chi connectivity index (χ0) is 23.3. The van der Waals surface area contributed by atoms with Crippen molar-refractivity contribution in [3.8, 4) is 0 Å². The van der Waals surface area contributed by atoms with Crippen LogP contribution in [-0.2, 0) is 5.41 Å². The number of pyridine rings is 1. The lowest BCUT2D eigenvalue weighted by Crippen LogP contribution is -2.33. The second kappa shape index (κ2) is 8.21. The van der Waals surface area contributed by atoms with Gasteiger partial charge in [0.15, 0.2) is 5.82 Å². The standard InChI is InChI=1S/C26H25FN6S/c27-20-7-3-2-6-18(20)26(15-28)17-10-12-33(14-19(17)26)23-13-31-25(24(29)32-23)34-22-9-11-30-21-8-4-1-5-16(21)22/h1-9,11,13,17,19H,10,12,14-15,28H2,(H2,29,32)/t17-,19+,26-/m1/s1. The summed E-state index contributed by atoms with van der Waals surface area (Å²) < 4.78 is 14.6. The van der Waals surface area contributed by atoms with Gasteiger partial charge in [0.05, 0.1) is 11.7 Å². The minimum Gasteiger partial charge on any atom is -0.381 e. The van der Waals surface area contributed by atoms with Crippen LogP contribution in [0.2, 0.25) is 0 Å². The summed E-state index contributed by atoms with van der Waals surface area (Å²) in [7, 11) is 0. The van der Waals surface area contributed by atoms with Gasteiger partial charge >= 0.3 is 0 Å². The summed E-state index contributed by atoms with van der Waals surface area (Å²) >= 11 is 1.49. The SMILES string of the molecule is NC[C@]1(c2ccccc2F)[C@@H]2CCN(c3cnc(Sc4ccnc5ccccc45)c(N)n3)C[C@@H]21. The van der Waals surface area contributed by atoms with Crippen LogP contribution in [0.25, 0.3) is 10.9 Å². The van der Waals surface area contributed by atoms with Crippen LogP contribution in [0.15, 0.2) is 76.9 Å². The van der Waals surface area contributed by atoms with Crippen LogP contribution in [0.1, 0.15) is 12.0 Å². The van der Waals surface area contributed by atoms with Crippen LogP contribution in [-0.4, -0.2) is 34.6 Å². The van der Waals surface area contributed by atoms with Gasteiger partial charge in [-0.1, -0.05) is 48.2 Å². The van der Waals surface area contributed by atoms with E-state index in [9.17, 15) is 4.39 Å². The van der Waals surface area contributed by atoms with E-state index in [0.29, 0.717) is 29.2 Å². The Morgan fingerprint density at radius 2 is 1.88 bits per heavy atom. The maximum atomic E-state index is 14.6. The van der Waals surface area contributed by atoms with Crippen molar-refractivity contribution in [2.24, 2.45) is 17.6 Å². The van der Waals surface area contributed by atoms with E-state index in [0.717, 1.165) is 46.7 Å². The number of benzene rings is 2. The van der Waals surface area contributed by atoms with Gasteiger partial charge in [0.1, 0.15) is 16.7 Å². The van der Waals surface area contributed by atoms with E-state index in [-0.39, 0.29) is 11.2 Å². The summed E-state index contributed by atoms with van der Waals surface area (Å²) in [6, 6.07) is 17.0. The number of nitrogens with two attached hydrogens (primary N) is 2. The number of nitrogens with zero attached hydrogens (tertiary/aromatic N) is 4. The van der Waals surface area contributed by atoms with E-state index in [1.165, 1.54) is 17.8 Å². The zero-order valence-corrected chi connectivity index (χ0v) is 19.4. The number of anilines is 2. The Bertz CT molecular complexity index is 1380. The molecule has 4 aromatic rings. The molecule has 1 saturated heterocycles. The molecule has 2 fully saturated rings. The van der Waals surface area contributed by atoms with Gasteiger partial charge in [-0.2, -0.15) is 0 Å². The Labute approximate surface area is 201 Å². The van der Waals surface area contributed by atoms with Crippen LogP contribution in [0.4, 0.5) is 16.0 Å². The highest BCUT2D eigenvalue weighted by Crippen LogP contribution is 2.63. The monoisotopic (exact) mass is 472 g/mol. The van der Waals surface area contributed by atoms with E-state index in [4.69, 9.17) is 11.5 Å². The molecule has 0 spiro atoms. The third-order valence-electron chi connectivity index (χ3n) is 7.43. The molecule has 0 amide bonds. The number of nitrogen functional groups attached to an aromatic ring is 1. The molecule has 1 aliphatic heterocycles. The lowest BCUT2D eigenvalue weighted by atomic mass is 9.91. The molecule has 6 nitrogen and oxygen atoms in total. The molecule has 0 bridgehead atoms. The van der Waals surface area contributed by atoms with Crippen LogP contribution < -0.4 is 16.4 Å². The van der Waals surface area contributed by atoms with Gasteiger partial charge in [-0.05, 0) is 42.0 Å². The summed E-state index contributed by atoms with van der Waals surface area (Å²) in [6.45, 7) is 2.04. The van der Waals surface area contributed by atoms with Gasteiger partial charge in [0.25, 0.3) is 0 Å². The van der Waals surface area contributed by atoms with Crippen molar-refractivity contribution in [3.05, 3.63) is 78.4 Å². The minimum atomic E-state index is -0.294. The summed E-state index contributed by atoms with van der Waals surface area (Å²) in [5, 5.41) is 1.73. The first-order valence-corrected chi connectivity index (χ1v) is 12.3. The van der Waals surface area contributed by atoms with Gasteiger partial charge in [0, 0.05) is 41.5 Å². The third-order valence-corrected chi connectivity index (χ3v) is 8.51. The van der Waals surface area contributed by atoms with Crippen LogP contribution in [0, 0.1) is 17.7 Å². The van der Waals surface area contributed by atoms with Crippen LogP contribution in [0.3, 0.4) is 0 Å². The van der Waals surface area contributed by atoms with Gasteiger partial charge in [-0.25, -0.2) is 14.4 Å². The molecule has 34 heavy (non-hydrogen) atoms. The van der Waals surface area contributed by atoms with Crippen molar-refractivity contribution in [3.63, 3.8) is 0 Å². The highest BCUT2D eigenvalue weighted by molar-refractivity contribution is 7.99. The first kappa shape index (κ1) is 21.3. The molecule has 0 unspecified atom stereocenters. The largest absolute Gasteiger partial charge is 0.381 e. The molecule has 0 radical (unpaired) electrons. The molecule has 8 heteroatoms. The second-order valence-electron chi connectivity index (χ2n) is 9.02. The quantitative estimate of drug-likeness (QED) is 0.448. The van der Waals surface area contributed by atoms with Crippen molar-refractivity contribution >= 4 is 34.3 Å².